The van der Waals surface area contributed by atoms with Gasteiger partial charge in [-0.2, -0.15) is 0 Å². The van der Waals surface area contributed by atoms with E-state index in [1.807, 2.05) is 0 Å². The van der Waals surface area contributed by atoms with Crippen LogP contribution in [0.3, 0.4) is 0 Å². The number of ether oxygens (including phenoxy) is 1. The van der Waals surface area contributed by atoms with Gasteiger partial charge in [0, 0.05) is 18.9 Å². The van der Waals surface area contributed by atoms with E-state index in [-0.39, 0.29) is 61.0 Å². The standard InChI is InChI=1S/C19H26BN2O8/c1-11(23)2-4-13(21)8-16(24)22-9-14(10-22)29-15-5-3-12-6-7-20(27,28)30-18(12)17(15)19(25)26/h3,5,13-14,27-28H,2,4,6-10,21H2,1H3,(H,25,26)/q-1/t13-/m0/s1. The Morgan fingerprint density at radius 1 is 1.33 bits per heavy atom. The Balaban J connectivity index is 1.60. The summed E-state index contributed by atoms with van der Waals surface area (Å²) in [4.78, 5) is 36.6. The summed E-state index contributed by atoms with van der Waals surface area (Å²) >= 11 is 0. The Morgan fingerprint density at radius 2 is 2.03 bits per heavy atom. The highest BCUT2D eigenvalue weighted by atomic mass is 16.6. The molecule has 11 heteroatoms. The number of aromatic carboxylic acids is 1. The quantitative estimate of drug-likeness (QED) is 0.421. The van der Waals surface area contributed by atoms with Gasteiger partial charge in [0.15, 0.2) is 0 Å². The molecule has 10 nitrogen and oxygen atoms in total. The van der Waals surface area contributed by atoms with E-state index in [0.29, 0.717) is 18.4 Å². The lowest BCUT2D eigenvalue weighted by atomic mass is 9.70. The zero-order valence-corrected chi connectivity index (χ0v) is 16.7. The lowest BCUT2D eigenvalue weighted by molar-refractivity contribution is -0.140. The number of carbonyl (C=O) groups excluding carboxylic acids is 2. The smallest absolute Gasteiger partial charge is 0.430 e. The molecule has 0 aliphatic carbocycles. The average Bonchev–Trinajstić information content (AvgIpc) is 2.60. The van der Waals surface area contributed by atoms with Crippen LogP contribution in [0.15, 0.2) is 12.1 Å². The van der Waals surface area contributed by atoms with E-state index in [9.17, 15) is 29.5 Å². The van der Waals surface area contributed by atoms with Crippen LogP contribution >= 0.6 is 0 Å². The zero-order valence-electron chi connectivity index (χ0n) is 16.7. The molecule has 1 saturated heterocycles. The molecular formula is C19H26BN2O8-. The second-order valence-corrected chi connectivity index (χ2v) is 7.99. The molecule has 0 aromatic heterocycles. The van der Waals surface area contributed by atoms with Crippen molar-refractivity contribution < 1.29 is 38.9 Å². The lowest BCUT2D eigenvalue weighted by Crippen LogP contribution is -2.57. The average molecular weight is 421 g/mol. The zero-order chi connectivity index (χ0) is 22.1. The van der Waals surface area contributed by atoms with E-state index in [1.54, 1.807) is 11.0 Å². The number of nitrogens with two attached hydrogens (primary N) is 1. The van der Waals surface area contributed by atoms with Gasteiger partial charge >= 0.3 is 12.7 Å². The highest BCUT2D eigenvalue weighted by molar-refractivity contribution is 6.59. The Hall–Kier alpha value is -2.63. The molecule has 1 aromatic rings. The van der Waals surface area contributed by atoms with Crippen LogP contribution in [0.25, 0.3) is 0 Å². The maximum atomic E-state index is 12.3. The fourth-order valence-corrected chi connectivity index (χ4v) is 3.57. The first-order valence-electron chi connectivity index (χ1n) is 9.93. The third kappa shape index (κ3) is 5.10. The lowest BCUT2D eigenvalue weighted by Gasteiger charge is -2.40. The number of ketones is 1. The largest absolute Gasteiger partial charge is 0.669 e. The highest BCUT2D eigenvalue weighted by Gasteiger charge is 2.36. The van der Waals surface area contributed by atoms with Crippen molar-refractivity contribution in [1.82, 2.24) is 4.90 Å². The predicted molar refractivity (Wildman–Crippen MR) is 106 cm³/mol. The van der Waals surface area contributed by atoms with Crippen molar-refractivity contribution in [1.29, 1.82) is 0 Å². The molecule has 0 spiro atoms. The van der Waals surface area contributed by atoms with E-state index in [4.69, 9.17) is 15.1 Å². The third-order valence-corrected chi connectivity index (χ3v) is 5.31. The Bertz CT molecular complexity index is 853. The van der Waals surface area contributed by atoms with E-state index in [1.165, 1.54) is 13.0 Å². The topological polar surface area (TPSA) is 160 Å². The first kappa shape index (κ1) is 22.1. The SMILES string of the molecule is CC(=O)CC[C@H](N)CC(=O)N1CC(Oc2ccc3c(c2C(=O)O)O[B-](O)(O)CC3)C1. The molecular weight excluding hydrogens is 395 g/mol. The summed E-state index contributed by atoms with van der Waals surface area (Å²) in [6.45, 7) is -1.07. The van der Waals surface area contributed by atoms with Crippen molar-refractivity contribution in [2.75, 3.05) is 13.1 Å². The van der Waals surface area contributed by atoms with Gasteiger partial charge in [0.1, 0.15) is 23.2 Å². The second kappa shape index (κ2) is 8.62. The van der Waals surface area contributed by atoms with E-state index >= 15 is 0 Å². The van der Waals surface area contributed by atoms with Gasteiger partial charge < -0.3 is 40.0 Å². The normalized spacial score (nSPS) is 18.6. The number of rotatable bonds is 8. The number of fused-ring (bicyclic) bond motifs is 1. The summed E-state index contributed by atoms with van der Waals surface area (Å²) in [7, 11) is 0. The van der Waals surface area contributed by atoms with E-state index in [2.05, 4.69) is 0 Å². The minimum absolute atomic E-state index is 0.0134. The number of aryl methyl sites for hydroxylation is 1. The van der Waals surface area contributed by atoms with Crippen molar-refractivity contribution in [3.8, 4) is 11.5 Å². The summed E-state index contributed by atoms with van der Waals surface area (Å²) in [5.74, 6) is -1.48. The van der Waals surface area contributed by atoms with Crippen molar-refractivity contribution in [2.45, 2.75) is 51.1 Å². The number of carbonyl (C=O) groups is 3. The summed E-state index contributed by atoms with van der Waals surface area (Å²) in [6, 6.07) is 2.76. The van der Waals surface area contributed by atoms with Gasteiger partial charge in [-0.25, -0.2) is 4.79 Å². The fourth-order valence-electron chi connectivity index (χ4n) is 3.57. The first-order chi connectivity index (χ1) is 14.1. The molecule has 3 rings (SSSR count). The minimum atomic E-state index is -3.11. The number of likely N-dealkylation sites (tertiary alicyclic amines) is 1. The first-order valence-corrected chi connectivity index (χ1v) is 9.93. The number of Topliss-reactive ketones (excluding diaryl/α,β-unsaturated/α-hetero) is 1. The third-order valence-electron chi connectivity index (χ3n) is 5.31. The Morgan fingerprint density at radius 3 is 2.67 bits per heavy atom. The molecule has 1 amide bonds. The molecule has 0 saturated carbocycles. The van der Waals surface area contributed by atoms with Gasteiger partial charge in [-0.15, -0.1) is 0 Å². The van der Waals surface area contributed by atoms with Crippen LogP contribution in [-0.2, 0) is 16.0 Å². The van der Waals surface area contributed by atoms with Gasteiger partial charge in [-0.1, -0.05) is 12.4 Å². The van der Waals surface area contributed by atoms with Gasteiger partial charge in [0.25, 0.3) is 0 Å². The second-order valence-electron chi connectivity index (χ2n) is 7.99. The van der Waals surface area contributed by atoms with Gasteiger partial charge in [-0.05, 0) is 31.4 Å². The molecule has 2 aliphatic rings. The molecule has 0 radical (unpaired) electrons. The van der Waals surface area contributed by atoms with Gasteiger partial charge in [0.2, 0.25) is 5.91 Å². The molecule has 5 N–H and O–H groups in total. The van der Waals surface area contributed by atoms with Crippen LogP contribution in [-0.4, -0.2) is 69.7 Å². The van der Waals surface area contributed by atoms with Crippen molar-refractivity contribution in [3.63, 3.8) is 0 Å². The molecule has 2 heterocycles. The van der Waals surface area contributed by atoms with Crippen LogP contribution in [0.2, 0.25) is 6.32 Å². The van der Waals surface area contributed by atoms with Crippen molar-refractivity contribution >= 4 is 24.4 Å². The van der Waals surface area contributed by atoms with Crippen molar-refractivity contribution in [3.05, 3.63) is 23.3 Å². The molecule has 0 unspecified atom stereocenters. The summed E-state index contributed by atoms with van der Waals surface area (Å²) < 4.78 is 10.9. The maximum Gasteiger partial charge on any atom is 0.430 e. The summed E-state index contributed by atoms with van der Waals surface area (Å²) in [6.07, 6.45) is 0.775. The number of hydrogen-bond acceptors (Lipinski definition) is 8. The molecule has 164 valence electrons. The molecule has 0 bridgehead atoms. The minimum Gasteiger partial charge on any atom is -0.669 e. The molecule has 1 atom stereocenters. The summed E-state index contributed by atoms with van der Waals surface area (Å²) in [5.41, 5.74) is 6.18. The molecule has 2 aliphatic heterocycles. The van der Waals surface area contributed by atoms with Crippen molar-refractivity contribution in [2.24, 2.45) is 5.73 Å². The number of benzene rings is 1. The highest BCUT2D eigenvalue weighted by Crippen LogP contribution is 2.39. The molecule has 30 heavy (non-hydrogen) atoms. The Labute approximate surface area is 173 Å². The number of carboxylic acids is 1. The summed E-state index contributed by atoms with van der Waals surface area (Å²) in [5, 5.41) is 29.2. The van der Waals surface area contributed by atoms with Crippen LogP contribution in [0, 0.1) is 0 Å². The predicted octanol–water partition coefficient (Wildman–Crippen LogP) is -0.0806. The van der Waals surface area contributed by atoms with E-state index in [0.717, 1.165) is 0 Å². The molecule has 1 aromatic carbocycles. The van der Waals surface area contributed by atoms with Crippen LogP contribution in [0.4, 0.5) is 0 Å². The molecule has 1 fully saturated rings. The number of carboxylic acid groups (broad SMARTS) is 1. The fraction of sp³-hybridized carbons (Fsp3) is 0.526. The van der Waals surface area contributed by atoms with Crippen LogP contribution in [0.1, 0.15) is 42.1 Å². The number of amides is 1. The van der Waals surface area contributed by atoms with Crippen LogP contribution < -0.4 is 15.1 Å². The number of nitrogens with zero attached hydrogens (tertiary/aromatic N) is 1. The monoisotopic (exact) mass is 421 g/mol. The van der Waals surface area contributed by atoms with Gasteiger partial charge in [0.05, 0.1) is 18.8 Å². The van der Waals surface area contributed by atoms with Crippen LogP contribution in [0.5, 0.6) is 11.5 Å². The van der Waals surface area contributed by atoms with E-state index < -0.39 is 24.9 Å². The number of hydrogen-bond donors (Lipinski definition) is 4. The van der Waals surface area contributed by atoms with Gasteiger partial charge in [-0.3, -0.25) is 4.79 Å². The maximum absolute atomic E-state index is 12.3. The Kier molecular flexibility index (Phi) is 6.34.